The predicted molar refractivity (Wildman–Crippen MR) is 66.9 cm³/mol. The summed E-state index contributed by atoms with van der Waals surface area (Å²) in [4.78, 5) is 19.3. The third-order valence-corrected chi connectivity index (χ3v) is 2.52. The molecule has 7 heteroatoms. The number of carbonyl (C=O) groups is 1. The zero-order chi connectivity index (χ0) is 13.8. The van der Waals surface area contributed by atoms with Crippen LogP contribution >= 0.6 is 0 Å². The fourth-order valence-corrected chi connectivity index (χ4v) is 1.50. The van der Waals surface area contributed by atoms with Crippen LogP contribution in [0.2, 0.25) is 0 Å². The van der Waals surface area contributed by atoms with Crippen molar-refractivity contribution in [3.63, 3.8) is 0 Å². The molecule has 0 bridgehead atoms. The van der Waals surface area contributed by atoms with E-state index in [2.05, 4.69) is 25.0 Å². The number of aromatic nitrogens is 3. The summed E-state index contributed by atoms with van der Waals surface area (Å²) in [6.45, 7) is 4.23. The van der Waals surface area contributed by atoms with E-state index in [1.165, 1.54) is 12.5 Å². The lowest BCUT2D eigenvalue weighted by Gasteiger charge is -2.10. The van der Waals surface area contributed by atoms with Gasteiger partial charge in [0.1, 0.15) is 5.82 Å². The largest absolute Gasteiger partial charge is 0.478 e. The van der Waals surface area contributed by atoms with Crippen LogP contribution in [0.1, 0.15) is 41.6 Å². The van der Waals surface area contributed by atoms with Gasteiger partial charge in [-0.1, -0.05) is 19.0 Å². The summed E-state index contributed by atoms with van der Waals surface area (Å²) in [7, 11) is 0. The molecular weight excluding hydrogens is 248 g/mol. The second kappa shape index (κ2) is 5.47. The molecule has 0 aliphatic carbocycles. The van der Waals surface area contributed by atoms with Crippen LogP contribution in [-0.2, 0) is 6.54 Å². The fraction of sp³-hybridized carbons (Fsp3) is 0.333. The Bertz CT molecular complexity index is 566. The molecule has 0 radical (unpaired) electrons. The van der Waals surface area contributed by atoms with Gasteiger partial charge in [0.2, 0.25) is 6.39 Å². The first-order valence-electron chi connectivity index (χ1n) is 5.80. The minimum Gasteiger partial charge on any atom is -0.478 e. The number of hydrogen-bond donors (Lipinski definition) is 2. The molecule has 0 unspecified atom stereocenters. The first-order valence-corrected chi connectivity index (χ1v) is 5.80. The number of rotatable bonds is 5. The Morgan fingerprint density at radius 2 is 2.26 bits per heavy atom. The first-order chi connectivity index (χ1) is 9.06. The summed E-state index contributed by atoms with van der Waals surface area (Å²) in [6.07, 6.45) is 1.23. The van der Waals surface area contributed by atoms with Gasteiger partial charge >= 0.3 is 5.97 Å². The lowest BCUT2D eigenvalue weighted by atomic mass is 10.1. The maximum absolute atomic E-state index is 11.1. The van der Waals surface area contributed by atoms with E-state index in [4.69, 9.17) is 5.11 Å². The van der Waals surface area contributed by atoms with Gasteiger partial charge in [-0.25, -0.2) is 9.78 Å². The van der Waals surface area contributed by atoms with Crippen molar-refractivity contribution >= 4 is 11.8 Å². The number of pyridine rings is 1. The summed E-state index contributed by atoms with van der Waals surface area (Å²) in [6, 6.07) is 3.06. The predicted octanol–water partition coefficient (Wildman–Crippen LogP) is 1.90. The van der Waals surface area contributed by atoms with Crippen LogP contribution in [0, 0.1) is 0 Å². The smallest absolute Gasteiger partial charge is 0.335 e. The number of anilines is 1. The van der Waals surface area contributed by atoms with Crippen molar-refractivity contribution in [2.45, 2.75) is 26.3 Å². The maximum Gasteiger partial charge on any atom is 0.335 e. The van der Waals surface area contributed by atoms with E-state index in [0.29, 0.717) is 18.2 Å². The van der Waals surface area contributed by atoms with Crippen molar-refractivity contribution in [3.8, 4) is 0 Å². The number of nitrogens with one attached hydrogen (secondary N) is 1. The Morgan fingerprint density at radius 3 is 2.84 bits per heavy atom. The molecule has 0 aliphatic rings. The molecule has 7 nitrogen and oxygen atoms in total. The van der Waals surface area contributed by atoms with Crippen molar-refractivity contribution < 1.29 is 14.4 Å². The van der Waals surface area contributed by atoms with E-state index in [0.717, 1.165) is 5.69 Å². The van der Waals surface area contributed by atoms with Crippen LogP contribution in [0.3, 0.4) is 0 Å². The molecule has 0 saturated carbocycles. The van der Waals surface area contributed by atoms with Gasteiger partial charge in [-0.05, 0) is 18.1 Å². The molecule has 0 fully saturated rings. The lowest BCUT2D eigenvalue weighted by Crippen LogP contribution is -2.08. The average Bonchev–Trinajstić information content (AvgIpc) is 2.89. The van der Waals surface area contributed by atoms with Crippen LogP contribution in [0.25, 0.3) is 0 Å². The summed E-state index contributed by atoms with van der Waals surface area (Å²) >= 11 is 0. The molecule has 19 heavy (non-hydrogen) atoms. The van der Waals surface area contributed by atoms with Gasteiger partial charge in [0.15, 0.2) is 5.82 Å². The molecule has 2 rings (SSSR count). The van der Waals surface area contributed by atoms with Gasteiger partial charge in [-0.2, -0.15) is 4.98 Å². The number of carboxylic acids is 1. The van der Waals surface area contributed by atoms with Gasteiger partial charge in [-0.3, -0.25) is 0 Å². The topological polar surface area (TPSA) is 101 Å². The highest BCUT2D eigenvalue weighted by atomic mass is 16.5. The molecule has 2 aromatic heterocycles. The van der Waals surface area contributed by atoms with Crippen LogP contribution in [0.15, 0.2) is 23.0 Å². The number of nitrogens with zero attached hydrogens (tertiary/aromatic N) is 3. The minimum atomic E-state index is -0.980. The maximum atomic E-state index is 11.1. The normalized spacial score (nSPS) is 10.7. The Morgan fingerprint density at radius 1 is 1.47 bits per heavy atom. The van der Waals surface area contributed by atoms with Crippen molar-refractivity contribution in [2.24, 2.45) is 0 Å². The van der Waals surface area contributed by atoms with Gasteiger partial charge in [0.05, 0.1) is 12.1 Å². The van der Waals surface area contributed by atoms with Crippen LogP contribution in [-0.4, -0.2) is 26.2 Å². The first kappa shape index (κ1) is 13.0. The average molecular weight is 262 g/mol. The summed E-state index contributed by atoms with van der Waals surface area (Å²) in [5.41, 5.74) is 0.921. The standard InChI is InChI=1S/C12H14N4O3/c1-7(2)9-3-8(12(17)18)4-10(15-9)13-5-11-14-6-19-16-11/h3-4,6-7H,5H2,1-2H3,(H,13,15)(H,17,18). The minimum absolute atomic E-state index is 0.144. The SMILES string of the molecule is CC(C)c1cc(C(=O)O)cc(NCc2ncon2)n1. The Labute approximate surface area is 109 Å². The monoisotopic (exact) mass is 262 g/mol. The Kier molecular flexibility index (Phi) is 3.74. The van der Waals surface area contributed by atoms with E-state index in [9.17, 15) is 4.79 Å². The molecule has 2 heterocycles. The van der Waals surface area contributed by atoms with E-state index in [1.54, 1.807) is 6.07 Å². The molecule has 0 spiro atoms. The number of hydrogen-bond acceptors (Lipinski definition) is 6. The third-order valence-electron chi connectivity index (χ3n) is 2.52. The van der Waals surface area contributed by atoms with E-state index in [1.807, 2.05) is 13.8 Å². The number of carboxylic acid groups (broad SMARTS) is 1. The Balaban J connectivity index is 2.21. The van der Waals surface area contributed by atoms with E-state index < -0.39 is 5.97 Å². The third kappa shape index (κ3) is 3.27. The second-order valence-electron chi connectivity index (χ2n) is 4.33. The zero-order valence-corrected chi connectivity index (χ0v) is 10.6. The van der Waals surface area contributed by atoms with Gasteiger partial charge in [0, 0.05) is 5.69 Å². The quantitative estimate of drug-likeness (QED) is 0.848. The molecule has 0 saturated heterocycles. The van der Waals surface area contributed by atoms with Crippen molar-refractivity contribution in [1.29, 1.82) is 0 Å². The highest BCUT2D eigenvalue weighted by molar-refractivity contribution is 5.88. The van der Waals surface area contributed by atoms with Crippen molar-refractivity contribution in [1.82, 2.24) is 15.1 Å². The molecule has 2 aromatic rings. The summed E-state index contributed by atoms with van der Waals surface area (Å²) in [5, 5.41) is 15.7. The molecule has 100 valence electrons. The highest BCUT2D eigenvalue weighted by Gasteiger charge is 2.11. The highest BCUT2D eigenvalue weighted by Crippen LogP contribution is 2.18. The van der Waals surface area contributed by atoms with Crippen LogP contribution in [0.4, 0.5) is 5.82 Å². The van der Waals surface area contributed by atoms with Crippen LogP contribution < -0.4 is 5.32 Å². The molecule has 0 amide bonds. The van der Waals surface area contributed by atoms with Crippen molar-refractivity contribution in [2.75, 3.05) is 5.32 Å². The van der Waals surface area contributed by atoms with Gasteiger partial charge in [-0.15, -0.1) is 0 Å². The number of aromatic carboxylic acids is 1. The zero-order valence-electron chi connectivity index (χ0n) is 10.6. The van der Waals surface area contributed by atoms with E-state index in [-0.39, 0.29) is 11.5 Å². The molecule has 0 aromatic carbocycles. The van der Waals surface area contributed by atoms with Gasteiger partial charge in [0.25, 0.3) is 0 Å². The molecule has 2 N–H and O–H groups in total. The van der Waals surface area contributed by atoms with Crippen LogP contribution in [0.5, 0.6) is 0 Å². The van der Waals surface area contributed by atoms with Crippen molar-refractivity contribution in [3.05, 3.63) is 35.6 Å². The summed E-state index contributed by atoms with van der Waals surface area (Å²) in [5.74, 6) is 0.124. The van der Waals surface area contributed by atoms with E-state index >= 15 is 0 Å². The molecule has 0 atom stereocenters. The summed E-state index contributed by atoms with van der Waals surface area (Å²) < 4.78 is 4.61. The molecule has 0 aliphatic heterocycles. The fourth-order valence-electron chi connectivity index (χ4n) is 1.50. The molecular formula is C12H14N4O3. The Hall–Kier alpha value is -2.44. The lowest BCUT2D eigenvalue weighted by molar-refractivity contribution is 0.0696. The van der Waals surface area contributed by atoms with Gasteiger partial charge < -0.3 is 14.9 Å². The second-order valence-corrected chi connectivity index (χ2v) is 4.33.